The van der Waals surface area contributed by atoms with Gasteiger partial charge in [-0.2, -0.15) is 0 Å². The second kappa shape index (κ2) is 9.71. The Morgan fingerprint density at radius 1 is 0.839 bits per heavy atom. The minimum absolute atomic E-state index is 0.0936. The van der Waals surface area contributed by atoms with Crippen LogP contribution in [0.15, 0.2) is 60.7 Å². The third-order valence-corrected chi connectivity index (χ3v) is 5.85. The number of hydrogen-bond donors (Lipinski definition) is 0. The Morgan fingerprint density at radius 2 is 1.45 bits per heavy atom. The van der Waals surface area contributed by atoms with Crippen molar-refractivity contribution in [1.82, 2.24) is 14.7 Å². The Morgan fingerprint density at radius 3 is 2.10 bits per heavy atom. The van der Waals surface area contributed by atoms with Gasteiger partial charge in [0.1, 0.15) is 0 Å². The summed E-state index contributed by atoms with van der Waals surface area (Å²) in [5.41, 5.74) is 2.10. The molecule has 0 unspecified atom stereocenters. The maximum absolute atomic E-state index is 12.6. The second-order valence-electron chi connectivity index (χ2n) is 7.91. The average molecular weight is 418 g/mol. The van der Waals surface area contributed by atoms with E-state index in [2.05, 4.69) is 29.2 Å². The summed E-state index contributed by atoms with van der Waals surface area (Å²) in [5.74, 6) is -0.425. The molecule has 2 aliphatic heterocycles. The first-order valence-corrected chi connectivity index (χ1v) is 10.8. The van der Waals surface area contributed by atoms with Gasteiger partial charge in [0.2, 0.25) is 5.91 Å². The fraction of sp³-hybridized carbons (Fsp3) is 0.320. The van der Waals surface area contributed by atoms with Crippen molar-refractivity contribution in [3.63, 3.8) is 0 Å². The van der Waals surface area contributed by atoms with Crippen LogP contribution in [0.25, 0.3) is 6.08 Å². The molecule has 6 nitrogen and oxygen atoms in total. The summed E-state index contributed by atoms with van der Waals surface area (Å²) in [6, 6.07) is 17.1. The van der Waals surface area contributed by atoms with Crippen LogP contribution in [0.5, 0.6) is 0 Å². The van der Waals surface area contributed by atoms with Gasteiger partial charge in [0, 0.05) is 45.7 Å². The van der Waals surface area contributed by atoms with Crippen molar-refractivity contribution in [3.05, 3.63) is 77.4 Å². The molecule has 2 aliphatic rings. The van der Waals surface area contributed by atoms with Gasteiger partial charge in [-0.25, -0.2) is 0 Å². The lowest BCUT2D eigenvalue weighted by atomic mass is 10.1. The molecule has 6 heteroatoms. The second-order valence-corrected chi connectivity index (χ2v) is 7.91. The molecule has 2 heterocycles. The molecule has 3 amide bonds. The van der Waals surface area contributed by atoms with Crippen LogP contribution in [0.2, 0.25) is 0 Å². The van der Waals surface area contributed by atoms with E-state index in [1.165, 1.54) is 10.5 Å². The van der Waals surface area contributed by atoms with Gasteiger partial charge in [0.05, 0.1) is 11.1 Å². The van der Waals surface area contributed by atoms with E-state index in [1.54, 1.807) is 24.3 Å². The molecular formula is C25H27N3O3. The number of imide groups is 1. The molecule has 2 aromatic rings. The molecule has 31 heavy (non-hydrogen) atoms. The van der Waals surface area contributed by atoms with Crippen molar-refractivity contribution in [2.24, 2.45) is 0 Å². The van der Waals surface area contributed by atoms with E-state index in [4.69, 9.17) is 0 Å². The summed E-state index contributed by atoms with van der Waals surface area (Å²) in [4.78, 5) is 42.8. The highest BCUT2D eigenvalue weighted by molar-refractivity contribution is 6.21. The number of amides is 3. The predicted molar refractivity (Wildman–Crippen MR) is 120 cm³/mol. The third-order valence-electron chi connectivity index (χ3n) is 5.85. The Bertz CT molecular complexity index is 944. The number of carbonyl (C=O) groups is 3. The van der Waals surface area contributed by atoms with E-state index in [9.17, 15) is 14.4 Å². The average Bonchev–Trinajstić information content (AvgIpc) is 3.05. The maximum atomic E-state index is 12.6. The van der Waals surface area contributed by atoms with E-state index in [0.717, 1.165) is 19.6 Å². The standard InChI is InChI=1S/C25H27N3O3/c29-23(13-7-15-28-24(30)21-11-4-5-12-22(21)25(28)31)27-18-16-26(17-19-27)14-6-10-20-8-2-1-3-9-20/h1-6,8-12H,7,13-19H2. The molecule has 1 fully saturated rings. The van der Waals surface area contributed by atoms with Crippen LogP contribution in [0.3, 0.4) is 0 Å². The molecule has 4 rings (SSSR count). The molecule has 0 spiro atoms. The number of benzene rings is 2. The van der Waals surface area contributed by atoms with Crippen molar-refractivity contribution < 1.29 is 14.4 Å². The molecular weight excluding hydrogens is 390 g/mol. The zero-order chi connectivity index (χ0) is 21.6. The minimum atomic E-state index is -0.259. The molecule has 1 saturated heterocycles. The van der Waals surface area contributed by atoms with E-state index in [0.29, 0.717) is 37.1 Å². The van der Waals surface area contributed by atoms with Crippen molar-refractivity contribution in [1.29, 1.82) is 0 Å². The summed E-state index contributed by atoms with van der Waals surface area (Å²) in [7, 11) is 0. The normalized spacial score (nSPS) is 16.9. The molecule has 0 N–H and O–H groups in total. The van der Waals surface area contributed by atoms with Crippen LogP contribution < -0.4 is 0 Å². The van der Waals surface area contributed by atoms with Crippen LogP contribution in [0.1, 0.15) is 39.1 Å². The summed E-state index contributed by atoms with van der Waals surface area (Å²) in [6.07, 6.45) is 5.12. The SMILES string of the molecule is O=C(CCCN1C(=O)c2ccccc2C1=O)N1CCN(CC=Cc2ccccc2)CC1. The largest absolute Gasteiger partial charge is 0.340 e. The van der Waals surface area contributed by atoms with Gasteiger partial charge in [-0.3, -0.25) is 24.2 Å². The molecule has 0 radical (unpaired) electrons. The Kier molecular flexibility index (Phi) is 6.57. The lowest BCUT2D eigenvalue weighted by Gasteiger charge is -2.34. The van der Waals surface area contributed by atoms with Gasteiger partial charge < -0.3 is 4.90 Å². The summed E-state index contributed by atoms with van der Waals surface area (Å²) >= 11 is 0. The highest BCUT2D eigenvalue weighted by Gasteiger charge is 2.34. The van der Waals surface area contributed by atoms with Crippen molar-refractivity contribution in [2.75, 3.05) is 39.3 Å². The number of nitrogens with zero attached hydrogens (tertiary/aromatic N) is 3. The maximum Gasteiger partial charge on any atom is 0.261 e. The monoisotopic (exact) mass is 417 g/mol. The molecule has 0 bridgehead atoms. The minimum Gasteiger partial charge on any atom is -0.340 e. The van der Waals surface area contributed by atoms with Gasteiger partial charge in [-0.15, -0.1) is 0 Å². The quantitative estimate of drug-likeness (QED) is 0.650. The van der Waals surface area contributed by atoms with E-state index < -0.39 is 0 Å². The van der Waals surface area contributed by atoms with E-state index >= 15 is 0 Å². The Hall–Kier alpha value is -3.25. The molecule has 0 atom stereocenters. The number of fused-ring (bicyclic) bond motifs is 1. The van der Waals surface area contributed by atoms with Crippen LogP contribution >= 0.6 is 0 Å². The Labute approximate surface area is 182 Å². The first-order valence-electron chi connectivity index (χ1n) is 10.8. The zero-order valence-corrected chi connectivity index (χ0v) is 17.6. The third kappa shape index (κ3) is 4.91. The first kappa shape index (κ1) is 21.0. The van der Waals surface area contributed by atoms with Gasteiger partial charge in [-0.05, 0) is 24.1 Å². The van der Waals surface area contributed by atoms with Gasteiger partial charge >= 0.3 is 0 Å². The van der Waals surface area contributed by atoms with Crippen LogP contribution in [0, 0.1) is 0 Å². The van der Waals surface area contributed by atoms with Gasteiger partial charge in [-0.1, -0.05) is 54.6 Å². The highest BCUT2D eigenvalue weighted by Crippen LogP contribution is 2.22. The van der Waals surface area contributed by atoms with Crippen molar-refractivity contribution in [2.45, 2.75) is 12.8 Å². The topological polar surface area (TPSA) is 60.9 Å². The number of hydrogen-bond acceptors (Lipinski definition) is 4. The van der Waals surface area contributed by atoms with Crippen LogP contribution in [0.4, 0.5) is 0 Å². The molecule has 0 aromatic heterocycles. The molecule has 160 valence electrons. The fourth-order valence-electron chi connectivity index (χ4n) is 4.07. The van der Waals surface area contributed by atoms with Crippen LogP contribution in [-0.2, 0) is 4.79 Å². The number of piperazine rings is 1. The summed E-state index contributed by atoms with van der Waals surface area (Å²) in [6.45, 7) is 4.28. The zero-order valence-electron chi connectivity index (χ0n) is 17.6. The molecule has 2 aromatic carbocycles. The predicted octanol–water partition coefficient (Wildman–Crippen LogP) is 2.92. The lowest BCUT2D eigenvalue weighted by Crippen LogP contribution is -2.48. The van der Waals surface area contributed by atoms with Gasteiger partial charge in [0.15, 0.2) is 0 Å². The molecule has 0 aliphatic carbocycles. The van der Waals surface area contributed by atoms with Crippen molar-refractivity contribution in [3.8, 4) is 0 Å². The smallest absolute Gasteiger partial charge is 0.261 e. The van der Waals surface area contributed by atoms with E-state index in [1.807, 2.05) is 23.1 Å². The summed E-state index contributed by atoms with van der Waals surface area (Å²) < 4.78 is 0. The van der Waals surface area contributed by atoms with Gasteiger partial charge in [0.25, 0.3) is 11.8 Å². The number of rotatable bonds is 7. The van der Waals surface area contributed by atoms with Crippen molar-refractivity contribution >= 4 is 23.8 Å². The van der Waals surface area contributed by atoms with E-state index in [-0.39, 0.29) is 24.3 Å². The Balaban J connectivity index is 1.18. The van der Waals surface area contributed by atoms with Crippen LogP contribution in [-0.4, -0.2) is 71.7 Å². The summed E-state index contributed by atoms with van der Waals surface area (Å²) in [5, 5.41) is 0. The highest BCUT2D eigenvalue weighted by atomic mass is 16.2. The fourth-order valence-corrected chi connectivity index (χ4v) is 4.07. The lowest BCUT2D eigenvalue weighted by molar-refractivity contribution is -0.133. The first-order chi connectivity index (χ1) is 15.1. The molecule has 0 saturated carbocycles. The number of carbonyl (C=O) groups excluding carboxylic acids is 3.